The standard InChI is InChI=1S/C16H17F2NO2/c1-10(19)16(11-4-3-5-14(6-11)20-2)21-15-8-12(17)7-13(18)9-15/h3-10,16H,19H2,1-2H3. The van der Waals surface area contributed by atoms with Crippen molar-refractivity contribution in [2.75, 3.05) is 7.11 Å². The van der Waals surface area contributed by atoms with Gasteiger partial charge in [-0.2, -0.15) is 0 Å². The van der Waals surface area contributed by atoms with E-state index in [1.807, 2.05) is 6.07 Å². The van der Waals surface area contributed by atoms with Crippen molar-refractivity contribution in [2.24, 2.45) is 5.73 Å². The molecule has 0 aromatic heterocycles. The molecule has 2 rings (SSSR count). The van der Waals surface area contributed by atoms with Crippen LogP contribution < -0.4 is 15.2 Å². The lowest BCUT2D eigenvalue weighted by atomic mass is 10.0. The maximum absolute atomic E-state index is 13.2. The molecule has 0 radical (unpaired) electrons. The summed E-state index contributed by atoms with van der Waals surface area (Å²) in [7, 11) is 1.56. The molecule has 2 N–H and O–H groups in total. The second-order valence-corrected chi connectivity index (χ2v) is 4.78. The van der Waals surface area contributed by atoms with Crippen LogP contribution in [0.5, 0.6) is 11.5 Å². The number of ether oxygens (including phenoxy) is 2. The first-order valence-electron chi connectivity index (χ1n) is 6.52. The van der Waals surface area contributed by atoms with Crippen LogP contribution in [0.25, 0.3) is 0 Å². The van der Waals surface area contributed by atoms with Gasteiger partial charge >= 0.3 is 0 Å². The smallest absolute Gasteiger partial charge is 0.139 e. The summed E-state index contributed by atoms with van der Waals surface area (Å²) >= 11 is 0. The van der Waals surface area contributed by atoms with Crippen LogP contribution in [0.1, 0.15) is 18.6 Å². The van der Waals surface area contributed by atoms with Crippen molar-refractivity contribution in [3.8, 4) is 11.5 Å². The van der Waals surface area contributed by atoms with Gasteiger partial charge in [-0.3, -0.25) is 0 Å². The molecule has 0 fully saturated rings. The van der Waals surface area contributed by atoms with Crippen LogP contribution in [0.15, 0.2) is 42.5 Å². The molecule has 112 valence electrons. The molecule has 0 amide bonds. The molecule has 2 aromatic rings. The quantitative estimate of drug-likeness (QED) is 0.918. The number of hydrogen-bond donors (Lipinski definition) is 1. The van der Waals surface area contributed by atoms with Crippen molar-refractivity contribution in [3.63, 3.8) is 0 Å². The lowest BCUT2D eigenvalue weighted by molar-refractivity contribution is 0.178. The van der Waals surface area contributed by atoms with Crippen LogP contribution in [0.2, 0.25) is 0 Å². The van der Waals surface area contributed by atoms with E-state index in [1.165, 1.54) is 0 Å². The fourth-order valence-electron chi connectivity index (χ4n) is 2.04. The fourth-order valence-corrected chi connectivity index (χ4v) is 2.04. The van der Waals surface area contributed by atoms with Crippen LogP contribution in [0.4, 0.5) is 8.78 Å². The number of benzene rings is 2. The number of halogens is 2. The van der Waals surface area contributed by atoms with Gasteiger partial charge in [0, 0.05) is 24.2 Å². The molecule has 0 aliphatic heterocycles. The van der Waals surface area contributed by atoms with E-state index in [4.69, 9.17) is 15.2 Å². The first kappa shape index (κ1) is 15.3. The zero-order valence-corrected chi connectivity index (χ0v) is 11.8. The number of hydrogen-bond acceptors (Lipinski definition) is 3. The van der Waals surface area contributed by atoms with Gasteiger partial charge in [0.05, 0.1) is 7.11 Å². The molecule has 0 spiro atoms. The summed E-state index contributed by atoms with van der Waals surface area (Å²) in [5.41, 5.74) is 6.70. The summed E-state index contributed by atoms with van der Waals surface area (Å²) in [6, 6.07) is 9.87. The maximum Gasteiger partial charge on any atom is 0.139 e. The van der Waals surface area contributed by atoms with Gasteiger partial charge in [0.25, 0.3) is 0 Å². The normalized spacial score (nSPS) is 13.6. The van der Waals surface area contributed by atoms with E-state index < -0.39 is 17.7 Å². The molecule has 3 nitrogen and oxygen atoms in total. The van der Waals surface area contributed by atoms with Crippen LogP contribution in [0, 0.1) is 11.6 Å². The molecule has 2 atom stereocenters. The molecular weight excluding hydrogens is 276 g/mol. The van der Waals surface area contributed by atoms with Gasteiger partial charge in [-0.05, 0) is 24.6 Å². The van der Waals surface area contributed by atoms with Gasteiger partial charge in [0.1, 0.15) is 29.2 Å². The number of rotatable bonds is 5. The maximum atomic E-state index is 13.2. The molecule has 21 heavy (non-hydrogen) atoms. The predicted octanol–water partition coefficient (Wildman–Crippen LogP) is 3.44. The first-order valence-corrected chi connectivity index (χ1v) is 6.52. The van der Waals surface area contributed by atoms with E-state index in [1.54, 1.807) is 32.2 Å². The topological polar surface area (TPSA) is 44.5 Å². The van der Waals surface area contributed by atoms with Crippen molar-refractivity contribution >= 4 is 0 Å². The average Bonchev–Trinajstić information content (AvgIpc) is 2.43. The summed E-state index contributed by atoms with van der Waals surface area (Å²) in [5, 5.41) is 0. The van der Waals surface area contributed by atoms with E-state index in [0.29, 0.717) is 5.75 Å². The van der Waals surface area contributed by atoms with Crippen molar-refractivity contribution in [1.29, 1.82) is 0 Å². The minimum absolute atomic E-state index is 0.0950. The Kier molecular flexibility index (Phi) is 4.75. The summed E-state index contributed by atoms with van der Waals surface area (Å²) < 4.78 is 37.3. The molecule has 0 saturated carbocycles. The van der Waals surface area contributed by atoms with Gasteiger partial charge in [-0.15, -0.1) is 0 Å². The van der Waals surface area contributed by atoms with Gasteiger partial charge < -0.3 is 15.2 Å². The van der Waals surface area contributed by atoms with Crippen LogP contribution >= 0.6 is 0 Å². The lowest BCUT2D eigenvalue weighted by Crippen LogP contribution is -2.29. The summed E-state index contributed by atoms with van der Waals surface area (Å²) in [6.45, 7) is 1.76. The third-order valence-corrected chi connectivity index (χ3v) is 3.00. The highest BCUT2D eigenvalue weighted by Crippen LogP contribution is 2.27. The molecule has 0 aliphatic rings. The van der Waals surface area contributed by atoms with Crippen LogP contribution in [-0.4, -0.2) is 13.2 Å². The first-order chi connectivity index (χ1) is 9.99. The zero-order valence-electron chi connectivity index (χ0n) is 11.8. The second-order valence-electron chi connectivity index (χ2n) is 4.78. The van der Waals surface area contributed by atoms with E-state index in [0.717, 1.165) is 23.8 Å². The SMILES string of the molecule is COc1cccc(C(Oc2cc(F)cc(F)c2)C(C)N)c1. The molecule has 5 heteroatoms. The van der Waals surface area contributed by atoms with Gasteiger partial charge in [0.2, 0.25) is 0 Å². The Hall–Kier alpha value is -2.14. The van der Waals surface area contributed by atoms with E-state index in [2.05, 4.69) is 0 Å². The predicted molar refractivity (Wildman–Crippen MR) is 76.4 cm³/mol. The number of nitrogens with two attached hydrogens (primary N) is 1. The van der Waals surface area contributed by atoms with E-state index in [9.17, 15) is 8.78 Å². The Morgan fingerprint density at radius 2 is 1.67 bits per heavy atom. The highest BCUT2D eigenvalue weighted by atomic mass is 19.1. The largest absolute Gasteiger partial charge is 0.497 e. The van der Waals surface area contributed by atoms with Crippen molar-refractivity contribution < 1.29 is 18.3 Å². The molecule has 2 aromatic carbocycles. The molecule has 0 aliphatic carbocycles. The van der Waals surface area contributed by atoms with Crippen molar-refractivity contribution in [1.82, 2.24) is 0 Å². The molecule has 2 unspecified atom stereocenters. The minimum atomic E-state index is -0.695. The van der Waals surface area contributed by atoms with Gasteiger partial charge in [0.15, 0.2) is 0 Å². The third kappa shape index (κ3) is 3.92. The van der Waals surface area contributed by atoms with Gasteiger partial charge in [-0.1, -0.05) is 12.1 Å². The number of methoxy groups -OCH3 is 1. The Morgan fingerprint density at radius 3 is 2.24 bits per heavy atom. The highest BCUT2D eigenvalue weighted by molar-refractivity contribution is 5.32. The Bertz CT molecular complexity index is 597. The highest BCUT2D eigenvalue weighted by Gasteiger charge is 2.19. The lowest BCUT2D eigenvalue weighted by Gasteiger charge is -2.23. The second kappa shape index (κ2) is 6.54. The van der Waals surface area contributed by atoms with Gasteiger partial charge in [-0.25, -0.2) is 8.78 Å². The minimum Gasteiger partial charge on any atom is -0.497 e. The summed E-state index contributed by atoms with van der Waals surface area (Å²) in [4.78, 5) is 0. The Morgan fingerprint density at radius 1 is 1.00 bits per heavy atom. The fraction of sp³-hybridized carbons (Fsp3) is 0.250. The molecule has 0 bridgehead atoms. The van der Waals surface area contributed by atoms with Crippen molar-refractivity contribution in [2.45, 2.75) is 19.1 Å². The summed E-state index contributed by atoms with van der Waals surface area (Å²) in [6.07, 6.45) is -0.540. The zero-order chi connectivity index (χ0) is 15.4. The molecule has 0 heterocycles. The Labute approximate surface area is 122 Å². The van der Waals surface area contributed by atoms with E-state index in [-0.39, 0.29) is 11.8 Å². The van der Waals surface area contributed by atoms with Crippen LogP contribution in [0.3, 0.4) is 0 Å². The van der Waals surface area contributed by atoms with Crippen molar-refractivity contribution in [3.05, 3.63) is 59.7 Å². The van der Waals surface area contributed by atoms with E-state index >= 15 is 0 Å². The van der Waals surface area contributed by atoms with Crippen LogP contribution in [-0.2, 0) is 0 Å². The third-order valence-electron chi connectivity index (χ3n) is 3.00. The monoisotopic (exact) mass is 293 g/mol. The Balaban J connectivity index is 2.30. The average molecular weight is 293 g/mol. The molecular formula is C16H17F2NO2. The summed E-state index contributed by atoms with van der Waals surface area (Å²) in [5.74, 6) is -0.636. The molecule has 0 saturated heterocycles.